The first-order valence-electron chi connectivity index (χ1n) is 12.9. The fraction of sp³-hybridized carbons (Fsp3) is 0.310. The van der Waals surface area contributed by atoms with Crippen LogP contribution in [-0.4, -0.2) is 61.5 Å². The van der Waals surface area contributed by atoms with Crippen LogP contribution in [-0.2, 0) is 11.0 Å². The highest BCUT2D eigenvalue weighted by molar-refractivity contribution is 6.02. The third kappa shape index (κ3) is 7.29. The Bertz CT molecular complexity index is 1340. The Hall–Kier alpha value is -4.12. The van der Waals surface area contributed by atoms with Crippen LogP contribution in [0.25, 0.3) is 11.1 Å². The van der Waals surface area contributed by atoms with Gasteiger partial charge in [-0.15, -0.1) is 0 Å². The third-order valence-electron chi connectivity index (χ3n) is 6.74. The molecule has 212 valence electrons. The number of likely N-dealkylation sites (tertiary alicyclic amines) is 1. The zero-order chi connectivity index (χ0) is 28.9. The normalized spacial score (nSPS) is 13.5. The Balaban J connectivity index is 1.53. The van der Waals surface area contributed by atoms with Crippen LogP contribution in [0.4, 0.5) is 39.4 Å². The number of nitrogen functional groups attached to an aromatic ring is 1. The maximum absolute atomic E-state index is 13.8. The molecule has 0 spiro atoms. The average Bonchev–Trinajstić information content (AvgIpc) is 3.45. The lowest BCUT2D eigenvalue weighted by atomic mass is 10.0. The van der Waals surface area contributed by atoms with E-state index in [1.807, 2.05) is 35.2 Å². The van der Waals surface area contributed by atoms with Gasteiger partial charge in [0.15, 0.2) is 0 Å². The molecule has 1 heterocycles. The van der Waals surface area contributed by atoms with E-state index in [-0.39, 0.29) is 24.7 Å². The first kappa shape index (κ1) is 28.9. The fourth-order valence-electron chi connectivity index (χ4n) is 4.56. The molecule has 1 aliphatic heterocycles. The van der Waals surface area contributed by atoms with Crippen LogP contribution in [0.15, 0.2) is 66.7 Å². The van der Waals surface area contributed by atoms with E-state index >= 15 is 0 Å². The van der Waals surface area contributed by atoms with E-state index in [1.165, 1.54) is 4.90 Å². The summed E-state index contributed by atoms with van der Waals surface area (Å²) in [5, 5.41) is 2.45. The molecule has 3 aromatic rings. The molecule has 40 heavy (non-hydrogen) atoms. The molecule has 1 saturated heterocycles. The van der Waals surface area contributed by atoms with Gasteiger partial charge >= 0.3 is 12.2 Å². The molecular formula is C29H31F4N5O2. The molecule has 11 heteroatoms. The smallest absolute Gasteiger partial charge is 0.399 e. The summed E-state index contributed by atoms with van der Waals surface area (Å²) in [5.41, 5.74) is 7.06. The molecule has 0 aromatic heterocycles. The number of hydrogen-bond donors (Lipinski definition) is 2. The van der Waals surface area contributed by atoms with E-state index in [2.05, 4.69) is 5.32 Å². The molecule has 1 aliphatic rings. The first-order chi connectivity index (χ1) is 19.0. The van der Waals surface area contributed by atoms with Gasteiger partial charge < -0.3 is 16.0 Å². The lowest BCUT2D eigenvalue weighted by molar-refractivity contribution is -0.140. The van der Waals surface area contributed by atoms with Gasteiger partial charge in [0.25, 0.3) is 0 Å². The standard InChI is InChI=1S/C29H31F4N5O2/c1-36(19-27(39)37-13-2-3-14-37)15-16-38(24-10-7-20(8-11-24)21-5-4-6-22(34)17-21)28(40)35-23-9-12-26(30)25(18-23)29(31,32)33/h4-12,17-18H,2-3,13-16,19,34H2,1H3,(H,35,40). The molecule has 0 unspecified atom stereocenters. The van der Waals surface area contributed by atoms with Crippen molar-refractivity contribution in [1.82, 2.24) is 9.80 Å². The second kappa shape index (κ2) is 12.4. The Kier molecular flexibility index (Phi) is 8.93. The highest BCUT2D eigenvalue weighted by atomic mass is 19.4. The van der Waals surface area contributed by atoms with E-state index in [0.717, 1.165) is 43.1 Å². The van der Waals surface area contributed by atoms with Crippen molar-refractivity contribution < 1.29 is 27.2 Å². The van der Waals surface area contributed by atoms with Gasteiger partial charge in [-0.1, -0.05) is 24.3 Å². The monoisotopic (exact) mass is 557 g/mol. The van der Waals surface area contributed by atoms with Gasteiger partial charge in [-0.2, -0.15) is 13.2 Å². The lowest BCUT2D eigenvalue weighted by Crippen LogP contribution is -2.43. The SMILES string of the molecule is CN(CCN(C(=O)Nc1ccc(F)c(C(F)(F)F)c1)c1ccc(-c2cccc(N)c2)cc1)CC(=O)N1CCCC1. The molecule has 3 amide bonds. The quantitative estimate of drug-likeness (QED) is 0.276. The van der Waals surface area contributed by atoms with Crippen molar-refractivity contribution in [2.75, 3.05) is 55.7 Å². The number of rotatable bonds is 8. The first-order valence-corrected chi connectivity index (χ1v) is 12.9. The molecule has 7 nitrogen and oxygen atoms in total. The van der Waals surface area contributed by atoms with Crippen LogP contribution in [0.5, 0.6) is 0 Å². The fourth-order valence-corrected chi connectivity index (χ4v) is 4.56. The van der Waals surface area contributed by atoms with Crippen LogP contribution in [0.1, 0.15) is 18.4 Å². The van der Waals surface area contributed by atoms with Crippen molar-refractivity contribution in [2.24, 2.45) is 0 Å². The number of halogens is 4. The van der Waals surface area contributed by atoms with Crippen LogP contribution in [0.2, 0.25) is 0 Å². The Morgan fingerprint density at radius 3 is 2.30 bits per heavy atom. The Morgan fingerprint density at radius 2 is 1.65 bits per heavy atom. The number of amides is 3. The lowest BCUT2D eigenvalue weighted by Gasteiger charge is -2.27. The number of benzene rings is 3. The topological polar surface area (TPSA) is 81.9 Å². The van der Waals surface area contributed by atoms with Crippen molar-refractivity contribution in [3.05, 3.63) is 78.1 Å². The number of carbonyl (C=O) groups excluding carboxylic acids is 2. The molecule has 0 saturated carbocycles. The molecule has 0 atom stereocenters. The number of anilines is 3. The van der Waals surface area contributed by atoms with Crippen LogP contribution in [0.3, 0.4) is 0 Å². The zero-order valence-corrected chi connectivity index (χ0v) is 22.0. The predicted molar refractivity (Wildman–Crippen MR) is 147 cm³/mol. The van der Waals surface area contributed by atoms with Crippen molar-refractivity contribution in [3.8, 4) is 11.1 Å². The van der Waals surface area contributed by atoms with Crippen LogP contribution in [0, 0.1) is 5.82 Å². The maximum Gasteiger partial charge on any atom is 0.419 e. The van der Waals surface area contributed by atoms with E-state index in [9.17, 15) is 27.2 Å². The molecular weight excluding hydrogens is 526 g/mol. The number of nitrogens with zero attached hydrogens (tertiary/aromatic N) is 3. The van der Waals surface area contributed by atoms with Gasteiger partial charge in [-0.25, -0.2) is 9.18 Å². The van der Waals surface area contributed by atoms with Gasteiger partial charge in [-0.05, 0) is 73.5 Å². The van der Waals surface area contributed by atoms with Gasteiger partial charge in [0, 0.05) is 43.2 Å². The zero-order valence-electron chi connectivity index (χ0n) is 22.0. The molecule has 0 aliphatic carbocycles. The molecule has 3 N–H and O–H groups in total. The number of urea groups is 1. The van der Waals surface area contributed by atoms with E-state index in [1.54, 1.807) is 30.1 Å². The Morgan fingerprint density at radius 1 is 0.950 bits per heavy atom. The summed E-state index contributed by atoms with van der Waals surface area (Å²) in [6, 6.07) is 16.0. The molecule has 3 aromatic carbocycles. The third-order valence-corrected chi connectivity index (χ3v) is 6.74. The van der Waals surface area contributed by atoms with Crippen molar-refractivity contribution in [1.29, 1.82) is 0 Å². The van der Waals surface area contributed by atoms with Crippen LogP contribution < -0.4 is 16.0 Å². The largest absolute Gasteiger partial charge is 0.419 e. The minimum absolute atomic E-state index is 0.00785. The minimum atomic E-state index is -4.91. The second-order valence-electron chi connectivity index (χ2n) is 9.77. The van der Waals surface area contributed by atoms with Crippen molar-refractivity contribution >= 4 is 29.0 Å². The summed E-state index contributed by atoms with van der Waals surface area (Å²) < 4.78 is 53.4. The molecule has 1 fully saturated rings. The number of alkyl halides is 3. The summed E-state index contributed by atoms with van der Waals surface area (Å²) in [5.74, 6) is -1.42. The summed E-state index contributed by atoms with van der Waals surface area (Å²) in [6.07, 6.45) is -2.95. The van der Waals surface area contributed by atoms with Gasteiger partial charge in [0.05, 0.1) is 12.1 Å². The average molecular weight is 558 g/mol. The van der Waals surface area contributed by atoms with E-state index < -0.39 is 23.6 Å². The second-order valence-corrected chi connectivity index (χ2v) is 9.77. The summed E-state index contributed by atoms with van der Waals surface area (Å²) >= 11 is 0. The molecule has 0 bridgehead atoms. The van der Waals surface area contributed by atoms with Gasteiger partial charge in [0.1, 0.15) is 5.82 Å². The maximum atomic E-state index is 13.8. The van der Waals surface area contributed by atoms with Gasteiger partial charge in [0.2, 0.25) is 5.91 Å². The molecule has 0 radical (unpaired) electrons. The van der Waals surface area contributed by atoms with Crippen molar-refractivity contribution in [3.63, 3.8) is 0 Å². The highest BCUT2D eigenvalue weighted by Crippen LogP contribution is 2.33. The van der Waals surface area contributed by atoms with Crippen LogP contribution >= 0.6 is 0 Å². The molecule has 4 rings (SSSR count). The summed E-state index contributed by atoms with van der Waals surface area (Å²) in [4.78, 5) is 30.8. The summed E-state index contributed by atoms with van der Waals surface area (Å²) in [7, 11) is 1.77. The summed E-state index contributed by atoms with van der Waals surface area (Å²) in [6.45, 7) is 2.11. The number of likely N-dealkylation sites (N-methyl/N-ethyl adjacent to an activating group) is 1. The number of hydrogen-bond acceptors (Lipinski definition) is 4. The number of nitrogens with one attached hydrogen (secondary N) is 1. The Labute approximate surface area is 230 Å². The number of carbonyl (C=O) groups is 2. The predicted octanol–water partition coefficient (Wildman–Crippen LogP) is 5.69. The van der Waals surface area contributed by atoms with E-state index in [0.29, 0.717) is 30.1 Å². The highest BCUT2D eigenvalue weighted by Gasteiger charge is 2.34. The van der Waals surface area contributed by atoms with E-state index in [4.69, 9.17) is 5.73 Å². The van der Waals surface area contributed by atoms with Gasteiger partial charge in [-0.3, -0.25) is 14.6 Å². The minimum Gasteiger partial charge on any atom is -0.399 e. The van der Waals surface area contributed by atoms with Crippen molar-refractivity contribution in [2.45, 2.75) is 19.0 Å². The number of nitrogens with two attached hydrogens (primary N) is 1.